The Hall–Kier alpha value is -1.83. The van der Waals surface area contributed by atoms with Crippen LogP contribution >= 0.6 is 27.5 Å². The van der Waals surface area contributed by atoms with Crippen molar-refractivity contribution >= 4 is 39.1 Å². The molecule has 0 aliphatic heterocycles. The Labute approximate surface area is 130 Å². The third-order valence-corrected chi connectivity index (χ3v) is 3.52. The lowest BCUT2D eigenvalue weighted by Crippen LogP contribution is -2.14. The highest BCUT2D eigenvalue weighted by molar-refractivity contribution is 9.10. The van der Waals surface area contributed by atoms with Gasteiger partial charge in [0, 0.05) is 15.1 Å². The molecule has 0 spiro atoms. The SMILES string of the molecule is Cc1ccc(Cl)cc1C(=O)Nc1cc(Br)ccc1C#N. The van der Waals surface area contributed by atoms with Gasteiger partial charge in [0.15, 0.2) is 0 Å². The lowest BCUT2D eigenvalue weighted by molar-refractivity contribution is 0.102. The summed E-state index contributed by atoms with van der Waals surface area (Å²) in [6.45, 7) is 1.83. The maximum absolute atomic E-state index is 12.3. The fourth-order valence-corrected chi connectivity index (χ4v) is 2.28. The molecule has 0 fully saturated rings. The molecule has 0 heterocycles. The molecule has 1 N–H and O–H groups in total. The highest BCUT2D eigenvalue weighted by atomic mass is 79.9. The van der Waals surface area contributed by atoms with Crippen LogP contribution in [-0.2, 0) is 0 Å². The summed E-state index contributed by atoms with van der Waals surface area (Å²) in [5.41, 5.74) is 2.18. The number of benzene rings is 2. The summed E-state index contributed by atoms with van der Waals surface area (Å²) >= 11 is 9.22. The first-order valence-electron chi connectivity index (χ1n) is 5.78. The number of hydrogen-bond acceptors (Lipinski definition) is 2. The molecule has 1 amide bonds. The number of aryl methyl sites for hydroxylation is 1. The number of halogens is 2. The molecule has 0 saturated carbocycles. The first-order valence-corrected chi connectivity index (χ1v) is 6.95. The van der Waals surface area contributed by atoms with Gasteiger partial charge in [0.1, 0.15) is 6.07 Å². The van der Waals surface area contributed by atoms with Crippen LogP contribution in [0.1, 0.15) is 21.5 Å². The average Bonchev–Trinajstić information content (AvgIpc) is 2.41. The largest absolute Gasteiger partial charge is 0.321 e. The zero-order chi connectivity index (χ0) is 14.7. The van der Waals surface area contributed by atoms with Crippen LogP contribution in [0.2, 0.25) is 5.02 Å². The van der Waals surface area contributed by atoms with E-state index in [0.717, 1.165) is 10.0 Å². The van der Waals surface area contributed by atoms with Crippen molar-refractivity contribution in [3.05, 3.63) is 62.6 Å². The molecule has 0 saturated heterocycles. The van der Waals surface area contributed by atoms with Crippen molar-refractivity contribution in [1.29, 1.82) is 5.26 Å². The van der Waals surface area contributed by atoms with Crippen LogP contribution < -0.4 is 5.32 Å². The Balaban J connectivity index is 2.35. The molecule has 0 atom stereocenters. The highest BCUT2D eigenvalue weighted by Crippen LogP contribution is 2.23. The Morgan fingerprint density at radius 2 is 2.05 bits per heavy atom. The Morgan fingerprint density at radius 1 is 1.30 bits per heavy atom. The highest BCUT2D eigenvalue weighted by Gasteiger charge is 2.12. The summed E-state index contributed by atoms with van der Waals surface area (Å²) in [6.07, 6.45) is 0. The second kappa shape index (κ2) is 6.08. The summed E-state index contributed by atoms with van der Waals surface area (Å²) in [5.74, 6) is -0.292. The summed E-state index contributed by atoms with van der Waals surface area (Å²) in [4.78, 5) is 12.3. The topological polar surface area (TPSA) is 52.9 Å². The molecule has 0 aromatic heterocycles. The van der Waals surface area contributed by atoms with Gasteiger partial charge in [-0.1, -0.05) is 33.6 Å². The molecule has 2 aromatic rings. The van der Waals surface area contributed by atoms with E-state index in [1.54, 1.807) is 36.4 Å². The molecule has 0 aliphatic rings. The number of amides is 1. The van der Waals surface area contributed by atoms with Crippen molar-refractivity contribution in [2.45, 2.75) is 6.92 Å². The molecule has 0 aliphatic carbocycles. The second-order valence-corrected chi connectivity index (χ2v) is 5.57. The molecule has 2 aromatic carbocycles. The van der Waals surface area contributed by atoms with Gasteiger partial charge in [-0.3, -0.25) is 4.79 Å². The summed E-state index contributed by atoms with van der Waals surface area (Å²) in [6, 6.07) is 12.2. The standard InChI is InChI=1S/C15H10BrClN2O/c1-9-2-5-12(17)7-13(9)15(20)19-14-6-11(16)4-3-10(14)8-18/h2-7H,1H3,(H,19,20). The minimum absolute atomic E-state index is 0.292. The summed E-state index contributed by atoms with van der Waals surface area (Å²) < 4.78 is 0.787. The van der Waals surface area contributed by atoms with Gasteiger partial charge in [0.25, 0.3) is 5.91 Å². The van der Waals surface area contributed by atoms with Gasteiger partial charge >= 0.3 is 0 Å². The van der Waals surface area contributed by atoms with Crippen molar-refractivity contribution in [2.24, 2.45) is 0 Å². The number of nitriles is 1. The van der Waals surface area contributed by atoms with E-state index in [1.807, 2.05) is 13.0 Å². The number of hydrogen-bond donors (Lipinski definition) is 1. The predicted octanol–water partition coefficient (Wildman–Crippen LogP) is 4.53. The number of nitrogens with zero attached hydrogens (tertiary/aromatic N) is 1. The van der Waals surface area contributed by atoms with Crippen molar-refractivity contribution in [2.75, 3.05) is 5.32 Å². The van der Waals surface area contributed by atoms with Crippen LogP contribution in [0, 0.1) is 18.3 Å². The molecule has 2 rings (SSSR count). The molecule has 0 radical (unpaired) electrons. The fraction of sp³-hybridized carbons (Fsp3) is 0.0667. The second-order valence-electron chi connectivity index (χ2n) is 4.22. The minimum Gasteiger partial charge on any atom is -0.321 e. The normalized spacial score (nSPS) is 9.90. The van der Waals surface area contributed by atoms with Crippen LogP contribution in [0.4, 0.5) is 5.69 Å². The van der Waals surface area contributed by atoms with Crippen LogP contribution in [0.5, 0.6) is 0 Å². The predicted molar refractivity (Wildman–Crippen MR) is 83.0 cm³/mol. The summed E-state index contributed by atoms with van der Waals surface area (Å²) in [7, 11) is 0. The third kappa shape index (κ3) is 3.19. The van der Waals surface area contributed by atoms with Crippen molar-refractivity contribution < 1.29 is 4.79 Å². The zero-order valence-corrected chi connectivity index (χ0v) is 12.9. The number of anilines is 1. The van der Waals surface area contributed by atoms with Crippen molar-refractivity contribution in [1.82, 2.24) is 0 Å². The van der Waals surface area contributed by atoms with Gasteiger partial charge in [0.05, 0.1) is 11.3 Å². The number of carbonyl (C=O) groups is 1. The van der Waals surface area contributed by atoms with Crippen LogP contribution in [0.15, 0.2) is 40.9 Å². The van der Waals surface area contributed by atoms with Gasteiger partial charge < -0.3 is 5.32 Å². The Morgan fingerprint density at radius 3 is 2.75 bits per heavy atom. The number of nitrogens with one attached hydrogen (secondary N) is 1. The van der Waals surface area contributed by atoms with E-state index >= 15 is 0 Å². The van der Waals surface area contributed by atoms with E-state index in [4.69, 9.17) is 16.9 Å². The van der Waals surface area contributed by atoms with E-state index in [2.05, 4.69) is 21.2 Å². The smallest absolute Gasteiger partial charge is 0.256 e. The van der Waals surface area contributed by atoms with Crippen molar-refractivity contribution in [3.8, 4) is 6.07 Å². The van der Waals surface area contributed by atoms with E-state index in [1.165, 1.54) is 0 Å². The molecular weight excluding hydrogens is 340 g/mol. The molecule has 5 heteroatoms. The molecule has 100 valence electrons. The molecule has 0 unspecified atom stereocenters. The summed E-state index contributed by atoms with van der Waals surface area (Å²) in [5, 5.41) is 12.3. The molecule has 3 nitrogen and oxygen atoms in total. The van der Waals surface area contributed by atoms with E-state index in [0.29, 0.717) is 21.8 Å². The maximum Gasteiger partial charge on any atom is 0.256 e. The maximum atomic E-state index is 12.3. The number of carbonyl (C=O) groups excluding carboxylic acids is 1. The Bertz CT molecular complexity index is 722. The van der Waals surface area contributed by atoms with Crippen LogP contribution in [0.25, 0.3) is 0 Å². The Kier molecular flexibility index (Phi) is 4.43. The average molecular weight is 350 g/mol. The van der Waals surface area contributed by atoms with Crippen molar-refractivity contribution in [3.63, 3.8) is 0 Å². The zero-order valence-electron chi connectivity index (χ0n) is 10.6. The quantitative estimate of drug-likeness (QED) is 0.865. The van der Waals surface area contributed by atoms with Gasteiger partial charge in [-0.15, -0.1) is 0 Å². The minimum atomic E-state index is -0.292. The first kappa shape index (κ1) is 14.6. The van der Waals surface area contributed by atoms with Crippen LogP contribution in [-0.4, -0.2) is 5.91 Å². The van der Waals surface area contributed by atoms with Gasteiger partial charge in [-0.2, -0.15) is 5.26 Å². The molecule has 20 heavy (non-hydrogen) atoms. The molecule has 0 bridgehead atoms. The lowest BCUT2D eigenvalue weighted by atomic mass is 10.1. The first-order chi connectivity index (χ1) is 9.51. The van der Waals surface area contributed by atoms with Gasteiger partial charge in [0.2, 0.25) is 0 Å². The van der Waals surface area contributed by atoms with Gasteiger partial charge in [-0.25, -0.2) is 0 Å². The fourth-order valence-electron chi connectivity index (χ4n) is 1.75. The van der Waals surface area contributed by atoms with Gasteiger partial charge in [-0.05, 0) is 42.8 Å². The van der Waals surface area contributed by atoms with E-state index in [-0.39, 0.29) is 5.91 Å². The van der Waals surface area contributed by atoms with E-state index < -0.39 is 0 Å². The third-order valence-electron chi connectivity index (χ3n) is 2.79. The molecular formula is C15H10BrClN2O. The lowest BCUT2D eigenvalue weighted by Gasteiger charge is -2.10. The number of rotatable bonds is 2. The van der Waals surface area contributed by atoms with Crippen LogP contribution in [0.3, 0.4) is 0 Å². The van der Waals surface area contributed by atoms with E-state index in [9.17, 15) is 4.79 Å². The monoisotopic (exact) mass is 348 g/mol.